The minimum absolute atomic E-state index is 0.0528. The van der Waals surface area contributed by atoms with Crippen LogP contribution in [0.5, 0.6) is 0 Å². The SMILES string of the molecule is Cc1ccc(C2SCCN2C(=O)CC(C)(C)C)c(C)c1. The Balaban J connectivity index is 2.21. The van der Waals surface area contributed by atoms with Gasteiger partial charge in [0.15, 0.2) is 0 Å². The lowest BCUT2D eigenvalue weighted by Crippen LogP contribution is -2.33. The Kier molecular flexibility index (Phi) is 4.48. The number of benzene rings is 1. The van der Waals surface area contributed by atoms with E-state index < -0.39 is 0 Å². The van der Waals surface area contributed by atoms with Gasteiger partial charge in [0.25, 0.3) is 0 Å². The van der Waals surface area contributed by atoms with Crippen LogP contribution in [-0.4, -0.2) is 23.1 Å². The molecule has 1 atom stereocenters. The van der Waals surface area contributed by atoms with E-state index in [-0.39, 0.29) is 16.7 Å². The van der Waals surface area contributed by atoms with Gasteiger partial charge in [0.1, 0.15) is 5.37 Å². The zero-order chi connectivity index (χ0) is 14.9. The number of nitrogens with zero attached hydrogens (tertiary/aromatic N) is 1. The van der Waals surface area contributed by atoms with Gasteiger partial charge in [0.05, 0.1) is 0 Å². The van der Waals surface area contributed by atoms with Crippen LogP contribution < -0.4 is 0 Å². The number of aryl methyl sites for hydroxylation is 2. The van der Waals surface area contributed by atoms with Crippen LogP contribution >= 0.6 is 11.8 Å². The highest BCUT2D eigenvalue weighted by atomic mass is 32.2. The number of amides is 1. The maximum Gasteiger partial charge on any atom is 0.224 e. The Morgan fingerprint density at radius 3 is 2.65 bits per heavy atom. The molecule has 2 nitrogen and oxygen atoms in total. The Labute approximate surface area is 126 Å². The predicted molar refractivity (Wildman–Crippen MR) is 86.9 cm³/mol. The Bertz CT molecular complexity index is 504. The molecule has 0 bridgehead atoms. The van der Waals surface area contributed by atoms with Crippen LogP contribution in [0.2, 0.25) is 0 Å². The molecule has 0 saturated carbocycles. The zero-order valence-corrected chi connectivity index (χ0v) is 14.0. The highest BCUT2D eigenvalue weighted by Crippen LogP contribution is 2.40. The minimum Gasteiger partial charge on any atom is -0.326 e. The van der Waals surface area contributed by atoms with Gasteiger partial charge in [-0.25, -0.2) is 0 Å². The van der Waals surface area contributed by atoms with Gasteiger partial charge >= 0.3 is 0 Å². The van der Waals surface area contributed by atoms with Gasteiger partial charge < -0.3 is 4.90 Å². The van der Waals surface area contributed by atoms with Crippen molar-refractivity contribution in [1.82, 2.24) is 4.90 Å². The molecule has 1 amide bonds. The van der Waals surface area contributed by atoms with Gasteiger partial charge in [-0.15, -0.1) is 11.8 Å². The van der Waals surface area contributed by atoms with E-state index in [1.54, 1.807) is 0 Å². The fourth-order valence-electron chi connectivity index (χ4n) is 2.64. The normalized spacial score (nSPS) is 19.4. The second-order valence-corrected chi connectivity index (χ2v) is 8.10. The molecular formula is C17H25NOS. The first kappa shape index (κ1) is 15.4. The second kappa shape index (κ2) is 5.80. The predicted octanol–water partition coefficient (Wildman–Crippen LogP) is 4.31. The van der Waals surface area contributed by atoms with Crippen LogP contribution in [0, 0.1) is 19.3 Å². The number of carbonyl (C=O) groups is 1. The standard InChI is InChI=1S/C17H25NOS/c1-12-6-7-14(13(2)10-12)16-18(8-9-20-16)15(19)11-17(3,4)5/h6-7,10,16H,8-9,11H2,1-5H3. The Morgan fingerprint density at radius 2 is 2.05 bits per heavy atom. The first-order valence-electron chi connectivity index (χ1n) is 7.26. The number of rotatable bonds is 2. The summed E-state index contributed by atoms with van der Waals surface area (Å²) in [5.41, 5.74) is 3.91. The van der Waals surface area contributed by atoms with Crippen LogP contribution in [0.25, 0.3) is 0 Å². The van der Waals surface area contributed by atoms with E-state index in [0.717, 1.165) is 12.3 Å². The molecule has 0 N–H and O–H groups in total. The van der Waals surface area contributed by atoms with Crippen molar-refractivity contribution in [2.45, 2.75) is 46.4 Å². The van der Waals surface area contributed by atoms with Gasteiger partial charge in [0, 0.05) is 18.7 Å². The zero-order valence-electron chi connectivity index (χ0n) is 13.2. The maximum atomic E-state index is 12.5. The number of hydrogen-bond donors (Lipinski definition) is 0. The number of hydrogen-bond acceptors (Lipinski definition) is 2. The molecule has 1 aromatic carbocycles. The van der Waals surface area contributed by atoms with E-state index in [9.17, 15) is 4.79 Å². The first-order chi connectivity index (χ1) is 9.28. The molecule has 0 aliphatic carbocycles. The second-order valence-electron chi connectivity index (χ2n) is 6.91. The van der Waals surface area contributed by atoms with Gasteiger partial charge in [0.2, 0.25) is 5.91 Å². The molecule has 0 spiro atoms. The third-order valence-corrected chi connectivity index (χ3v) is 4.83. The molecule has 1 fully saturated rings. The highest BCUT2D eigenvalue weighted by molar-refractivity contribution is 7.99. The first-order valence-corrected chi connectivity index (χ1v) is 8.31. The average Bonchev–Trinajstić information content (AvgIpc) is 2.75. The van der Waals surface area contributed by atoms with E-state index in [1.807, 2.05) is 11.8 Å². The van der Waals surface area contributed by atoms with E-state index >= 15 is 0 Å². The molecule has 0 radical (unpaired) electrons. The fourth-order valence-corrected chi connectivity index (χ4v) is 4.01. The van der Waals surface area contributed by atoms with Crippen molar-refractivity contribution in [2.75, 3.05) is 12.3 Å². The summed E-state index contributed by atoms with van der Waals surface area (Å²) in [6.45, 7) is 11.5. The molecule has 2 rings (SSSR count). The summed E-state index contributed by atoms with van der Waals surface area (Å²) in [6.07, 6.45) is 0.620. The van der Waals surface area contributed by atoms with Gasteiger partial charge in [-0.2, -0.15) is 0 Å². The van der Waals surface area contributed by atoms with Crippen LogP contribution in [0.4, 0.5) is 0 Å². The third-order valence-electron chi connectivity index (χ3n) is 3.58. The number of carbonyl (C=O) groups excluding carboxylic acids is 1. The molecule has 0 aromatic heterocycles. The average molecular weight is 291 g/mol. The molecule has 1 aliphatic heterocycles. The van der Waals surface area contributed by atoms with E-state index in [4.69, 9.17) is 0 Å². The lowest BCUT2D eigenvalue weighted by atomic mass is 9.91. The summed E-state index contributed by atoms with van der Waals surface area (Å²) < 4.78 is 0. The van der Waals surface area contributed by atoms with Crippen molar-refractivity contribution in [3.05, 3.63) is 34.9 Å². The van der Waals surface area contributed by atoms with Crippen LogP contribution in [-0.2, 0) is 4.79 Å². The molecule has 110 valence electrons. The fraction of sp³-hybridized carbons (Fsp3) is 0.588. The van der Waals surface area contributed by atoms with Crippen molar-refractivity contribution in [2.24, 2.45) is 5.41 Å². The molecule has 1 saturated heterocycles. The van der Waals surface area contributed by atoms with Crippen LogP contribution in [0.15, 0.2) is 18.2 Å². The molecular weight excluding hydrogens is 266 g/mol. The summed E-state index contributed by atoms with van der Waals surface area (Å²) in [6, 6.07) is 6.54. The Hall–Kier alpha value is -0.960. The molecule has 1 heterocycles. The highest BCUT2D eigenvalue weighted by Gasteiger charge is 2.32. The van der Waals surface area contributed by atoms with Crippen LogP contribution in [0.3, 0.4) is 0 Å². The van der Waals surface area contributed by atoms with E-state index in [0.29, 0.717) is 6.42 Å². The third kappa shape index (κ3) is 3.57. The van der Waals surface area contributed by atoms with Crippen molar-refractivity contribution < 1.29 is 4.79 Å². The molecule has 1 unspecified atom stereocenters. The summed E-state index contributed by atoms with van der Waals surface area (Å²) in [7, 11) is 0. The van der Waals surface area contributed by atoms with Gasteiger partial charge in [-0.1, -0.05) is 44.5 Å². The van der Waals surface area contributed by atoms with E-state index in [1.165, 1.54) is 16.7 Å². The monoisotopic (exact) mass is 291 g/mol. The summed E-state index contributed by atoms with van der Waals surface area (Å²) in [5.74, 6) is 1.32. The molecule has 20 heavy (non-hydrogen) atoms. The van der Waals surface area contributed by atoms with Gasteiger partial charge in [-0.05, 0) is 30.4 Å². The number of thioether (sulfide) groups is 1. The molecule has 1 aliphatic rings. The summed E-state index contributed by atoms with van der Waals surface area (Å²) in [4.78, 5) is 14.6. The lowest BCUT2D eigenvalue weighted by molar-refractivity contribution is -0.133. The van der Waals surface area contributed by atoms with Gasteiger partial charge in [-0.3, -0.25) is 4.79 Å². The molecule has 3 heteroatoms. The lowest BCUT2D eigenvalue weighted by Gasteiger charge is -2.28. The van der Waals surface area contributed by atoms with Crippen molar-refractivity contribution in [3.63, 3.8) is 0 Å². The van der Waals surface area contributed by atoms with E-state index in [2.05, 4.69) is 57.7 Å². The summed E-state index contributed by atoms with van der Waals surface area (Å²) >= 11 is 1.88. The Morgan fingerprint density at radius 1 is 1.35 bits per heavy atom. The topological polar surface area (TPSA) is 20.3 Å². The van der Waals surface area contributed by atoms with Crippen molar-refractivity contribution in [1.29, 1.82) is 0 Å². The minimum atomic E-state index is 0.0528. The van der Waals surface area contributed by atoms with Crippen molar-refractivity contribution >= 4 is 17.7 Å². The van der Waals surface area contributed by atoms with Crippen LogP contribution in [0.1, 0.15) is 49.3 Å². The van der Waals surface area contributed by atoms with Crippen molar-refractivity contribution in [3.8, 4) is 0 Å². The quantitative estimate of drug-likeness (QED) is 0.809. The largest absolute Gasteiger partial charge is 0.326 e. The smallest absolute Gasteiger partial charge is 0.224 e. The summed E-state index contributed by atoms with van der Waals surface area (Å²) in [5, 5.41) is 0.199. The molecule has 1 aromatic rings. The maximum absolute atomic E-state index is 12.5.